The average molecular weight is 523 g/mol. The van der Waals surface area contributed by atoms with Crippen LogP contribution in [0.25, 0.3) is 16.8 Å². The van der Waals surface area contributed by atoms with Crippen molar-refractivity contribution in [2.24, 2.45) is 0 Å². The van der Waals surface area contributed by atoms with Gasteiger partial charge in [0.25, 0.3) is 0 Å². The van der Waals surface area contributed by atoms with Gasteiger partial charge < -0.3 is 15.1 Å². The minimum Gasteiger partial charge on any atom is -0.352 e. The quantitative estimate of drug-likeness (QED) is 0.406. The Morgan fingerprint density at radius 1 is 1.00 bits per heavy atom. The summed E-state index contributed by atoms with van der Waals surface area (Å²) in [6, 6.07) is 12.0. The van der Waals surface area contributed by atoms with E-state index in [0.29, 0.717) is 11.4 Å². The monoisotopic (exact) mass is 522 g/mol. The first kappa shape index (κ1) is 24.8. The van der Waals surface area contributed by atoms with Gasteiger partial charge in [0.05, 0.1) is 17.3 Å². The number of anilines is 2. The number of benzene rings is 1. The number of nitrogens with zero attached hydrogens (tertiary/aromatic N) is 9. The molecule has 1 N–H and O–H groups in total. The lowest BCUT2D eigenvalue weighted by molar-refractivity contribution is 0.472. The smallest absolute Gasteiger partial charge is 0.350 e. The summed E-state index contributed by atoms with van der Waals surface area (Å²) in [6.07, 6.45) is 8.97. The third-order valence-corrected chi connectivity index (χ3v) is 7.50. The molecular formula is C28H30N10O. The number of hydrogen-bond donors (Lipinski definition) is 1. The first-order valence-electron chi connectivity index (χ1n) is 13.3. The Bertz CT molecular complexity index is 1540. The van der Waals surface area contributed by atoms with Gasteiger partial charge in [0.1, 0.15) is 18.2 Å². The number of nitriles is 1. The van der Waals surface area contributed by atoms with E-state index in [0.717, 1.165) is 80.4 Å². The summed E-state index contributed by atoms with van der Waals surface area (Å²) in [5, 5.41) is 17.5. The number of rotatable bonds is 6. The third kappa shape index (κ3) is 4.86. The first-order chi connectivity index (χ1) is 19.1. The molecule has 0 amide bonds. The van der Waals surface area contributed by atoms with Crippen LogP contribution in [-0.4, -0.2) is 68.6 Å². The van der Waals surface area contributed by atoms with Gasteiger partial charge in [-0.05, 0) is 48.7 Å². The highest BCUT2D eigenvalue weighted by atomic mass is 16.2. The minimum atomic E-state index is -0.140. The molecule has 1 aromatic carbocycles. The predicted molar refractivity (Wildman–Crippen MR) is 148 cm³/mol. The second-order valence-electron chi connectivity index (χ2n) is 9.85. The zero-order chi connectivity index (χ0) is 26.8. The summed E-state index contributed by atoms with van der Waals surface area (Å²) in [4.78, 5) is 30.9. The molecule has 6 rings (SSSR count). The van der Waals surface area contributed by atoms with Crippen LogP contribution < -0.4 is 20.8 Å². The Kier molecular flexibility index (Phi) is 6.77. The fourth-order valence-corrected chi connectivity index (χ4v) is 5.17. The molecule has 0 saturated carbocycles. The van der Waals surface area contributed by atoms with E-state index in [1.807, 2.05) is 42.7 Å². The molecule has 2 aliphatic rings. The van der Waals surface area contributed by atoms with Gasteiger partial charge in [0, 0.05) is 56.9 Å². The van der Waals surface area contributed by atoms with E-state index in [1.54, 1.807) is 21.8 Å². The number of hydrogen-bond acceptors (Lipinski definition) is 9. The maximum absolute atomic E-state index is 12.9. The molecule has 5 heterocycles. The fraction of sp³-hybridized carbons (Fsp3) is 0.357. The zero-order valence-corrected chi connectivity index (χ0v) is 21.9. The third-order valence-electron chi connectivity index (χ3n) is 7.50. The van der Waals surface area contributed by atoms with E-state index in [2.05, 4.69) is 43.2 Å². The van der Waals surface area contributed by atoms with E-state index < -0.39 is 0 Å². The Morgan fingerprint density at radius 3 is 2.41 bits per heavy atom. The second kappa shape index (κ2) is 10.7. The number of nitrogens with one attached hydrogen (secondary N) is 1. The topological polar surface area (TPSA) is 121 Å². The maximum atomic E-state index is 12.9. The standard InChI is InChI=1S/C28H30N10O/c1-2-20-15-32-27(33-16-20)36-11-9-35(10-12-36)26-22(14-29)13-23(17-31-26)21-3-5-24(6-4-21)37-19-34-38(28(37)39)25-7-8-30-18-25/h3-6,13,15-17,19,25,30H,2,7-12,18H2,1H3/t25-/m0/s1. The van der Waals surface area contributed by atoms with Crippen LogP contribution in [-0.2, 0) is 6.42 Å². The summed E-state index contributed by atoms with van der Waals surface area (Å²) in [5.41, 5.74) is 4.04. The van der Waals surface area contributed by atoms with Crippen molar-refractivity contribution in [2.45, 2.75) is 25.8 Å². The fourth-order valence-electron chi connectivity index (χ4n) is 5.17. The molecule has 198 valence electrons. The number of piperazine rings is 1. The van der Waals surface area contributed by atoms with Gasteiger partial charge in [-0.15, -0.1) is 0 Å². The Hall–Kier alpha value is -4.56. The van der Waals surface area contributed by atoms with Crippen molar-refractivity contribution in [3.8, 4) is 22.9 Å². The summed E-state index contributed by atoms with van der Waals surface area (Å²) < 4.78 is 3.12. The predicted octanol–water partition coefficient (Wildman–Crippen LogP) is 2.18. The van der Waals surface area contributed by atoms with Crippen molar-refractivity contribution < 1.29 is 0 Å². The van der Waals surface area contributed by atoms with Crippen LogP contribution in [0.4, 0.5) is 11.8 Å². The normalized spacial score (nSPS) is 17.4. The van der Waals surface area contributed by atoms with Crippen LogP contribution >= 0.6 is 0 Å². The Morgan fingerprint density at radius 2 is 1.74 bits per heavy atom. The van der Waals surface area contributed by atoms with Crippen LogP contribution in [0.3, 0.4) is 0 Å². The van der Waals surface area contributed by atoms with E-state index in [-0.39, 0.29) is 11.7 Å². The zero-order valence-electron chi connectivity index (χ0n) is 21.9. The van der Waals surface area contributed by atoms with Crippen LogP contribution in [0.2, 0.25) is 0 Å². The van der Waals surface area contributed by atoms with Crippen LogP contribution in [0.15, 0.2) is 60.0 Å². The van der Waals surface area contributed by atoms with E-state index in [9.17, 15) is 10.1 Å². The van der Waals surface area contributed by atoms with Gasteiger partial charge in [-0.25, -0.2) is 29.0 Å². The largest absolute Gasteiger partial charge is 0.352 e. The molecule has 2 aliphatic heterocycles. The van der Waals surface area contributed by atoms with Gasteiger partial charge in [-0.3, -0.25) is 0 Å². The van der Waals surface area contributed by atoms with Gasteiger partial charge >= 0.3 is 5.69 Å². The number of pyridine rings is 1. The van der Waals surface area contributed by atoms with Crippen LogP contribution in [0, 0.1) is 11.3 Å². The molecule has 4 aromatic rings. The second-order valence-corrected chi connectivity index (χ2v) is 9.85. The van der Waals surface area contributed by atoms with Crippen molar-refractivity contribution in [2.75, 3.05) is 49.1 Å². The van der Waals surface area contributed by atoms with Crippen molar-refractivity contribution in [1.29, 1.82) is 5.26 Å². The van der Waals surface area contributed by atoms with E-state index in [1.165, 1.54) is 0 Å². The average Bonchev–Trinajstić information content (AvgIpc) is 3.67. The van der Waals surface area contributed by atoms with E-state index in [4.69, 9.17) is 4.98 Å². The van der Waals surface area contributed by atoms with Gasteiger partial charge in [-0.2, -0.15) is 10.4 Å². The molecule has 0 radical (unpaired) electrons. The summed E-state index contributed by atoms with van der Waals surface area (Å²) >= 11 is 0. The van der Waals surface area contributed by atoms with Gasteiger partial charge in [0.2, 0.25) is 5.95 Å². The number of aromatic nitrogens is 6. The highest BCUT2D eigenvalue weighted by Gasteiger charge is 2.23. The summed E-state index contributed by atoms with van der Waals surface area (Å²) in [7, 11) is 0. The lowest BCUT2D eigenvalue weighted by Gasteiger charge is -2.35. The lowest BCUT2D eigenvalue weighted by atomic mass is 10.0. The molecule has 0 aliphatic carbocycles. The Balaban J connectivity index is 1.16. The van der Waals surface area contributed by atoms with Crippen molar-refractivity contribution in [1.82, 2.24) is 34.6 Å². The van der Waals surface area contributed by atoms with Crippen molar-refractivity contribution in [3.05, 3.63) is 76.9 Å². The van der Waals surface area contributed by atoms with E-state index >= 15 is 0 Å². The molecule has 39 heavy (non-hydrogen) atoms. The lowest BCUT2D eigenvalue weighted by Crippen LogP contribution is -2.47. The van der Waals surface area contributed by atoms with Crippen molar-refractivity contribution >= 4 is 11.8 Å². The van der Waals surface area contributed by atoms with Crippen LogP contribution in [0.1, 0.15) is 30.5 Å². The summed E-state index contributed by atoms with van der Waals surface area (Å²) in [6.45, 7) is 6.72. The first-order valence-corrected chi connectivity index (χ1v) is 13.3. The molecule has 1 atom stereocenters. The molecule has 0 bridgehead atoms. The Labute approximate surface area is 226 Å². The van der Waals surface area contributed by atoms with Gasteiger partial charge in [0.15, 0.2) is 0 Å². The van der Waals surface area contributed by atoms with Gasteiger partial charge in [-0.1, -0.05) is 19.1 Å². The highest BCUT2D eigenvalue weighted by molar-refractivity contribution is 5.69. The summed E-state index contributed by atoms with van der Waals surface area (Å²) in [5.74, 6) is 1.43. The molecular weight excluding hydrogens is 492 g/mol. The molecule has 0 spiro atoms. The SMILES string of the molecule is CCc1cnc(N2CCN(c3ncc(-c4ccc(-n5cnn([C@H]6CCNC6)c5=O)cc4)cc3C#N)CC2)nc1. The molecule has 0 unspecified atom stereocenters. The van der Waals surface area contributed by atoms with Crippen molar-refractivity contribution in [3.63, 3.8) is 0 Å². The molecule has 2 fully saturated rings. The maximum Gasteiger partial charge on any atom is 0.350 e. The molecule has 2 saturated heterocycles. The highest BCUT2D eigenvalue weighted by Crippen LogP contribution is 2.27. The number of aryl methyl sites for hydroxylation is 1. The van der Waals surface area contributed by atoms with Crippen LogP contribution in [0.5, 0.6) is 0 Å². The molecule has 11 nitrogen and oxygen atoms in total. The minimum absolute atomic E-state index is 0.0932. The molecule has 3 aromatic heterocycles. The molecule has 11 heteroatoms.